The van der Waals surface area contributed by atoms with Crippen LogP contribution < -0.4 is 0 Å². The van der Waals surface area contributed by atoms with Gasteiger partial charge in [0.2, 0.25) is 0 Å². The van der Waals surface area contributed by atoms with Crippen molar-refractivity contribution in [3.8, 4) is 0 Å². The molecule has 0 saturated heterocycles. The summed E-state index contributed by atoms with van der Waals surface area (Å²) in [5.41, 5.74) is 1.39. The number of rotatable bonds is 3. The Labute approximate surface area is 112 Å². The van der Waals surface area contributed by atoms with Gasteiger partial charge in [0.15, 0.2) is 10.9 Å². The lowest BCUT2D eigenvalue weighted by atomic mass is 10.3. The second-order valence-electron chi connectivity index (χ2n) is 3.55. The fourth-order valence-electron chi connectivity index (χ4n) is 1.68. The number of ether oxygens (including phenoxy) is 1. The van der Waals surface area contributed by atoms with Gasteiger partial charge in [-0.2, -0.15) is 0 Å². The summed E-state index contributed by atoms with van der Waals surface area (Å²) >= 11 is 4.12. The number of imidazole rings is 1. The molecular weight excluding hydrogens is 339 g/mol. The Balaban J connectivity index is 2.24. The third-order valence-electron chi connectivity index (χ3n) is 2.49. The highest BCUT2D eigenvalue weighted by molar-refractivity contribution is 14.1. The number of carbonyl (C=O) groups excluding carboxylic acids is 1. The van der Waals surface area contributed by atoms with Crippen molar-refractivity contribution in [2.45, 2.75) is 30.8 Å². The summed E-state index contributed by atoms with van der Waals surface area (Å²) in [6.07, 6.45) is 0. The molecule has 2 heterocycles. The predicted octanol–water partition coefficient (Wildman–Crippen LogP) is 2.28. The number of esters is 1. The molecule has 2 rings (SSSR count). The maximum atomic E-state index is 11.6. The number of hydrogen-bond donors (Lipinski definition) is 0. The predicted molar refractivity (Wildman–Crippen MR) is 71.5 cm³/mol. The molecule has 16 heavy (non-hydrogen) atoms. The quantitative estimate of drug-likeness (QED) is 0.476. The normalized spacial score (nSPS) is 18.6. The van der Waals surface area contributed by atoms with Crippen LogP contribution in [0.25, 0.3) is 0 Å². The van der Waals surface area contributed by atoms with Crippen LogP contribution in [-0.4, -0.2) is 31.8 Å². The van der Waals surface area contributed by atoms with Gasteiger partial charge in [0.05, 0.1) is 12.3 Å². The van der Waals surface area contributed by atoms with Crippen LogP contribution >= 0.6 is 34.4 Å². The van der Waals surface area contributed by atoms with E-state index in [-0.39, 0.29) is 5.97 Å². The molecule has 0 aromatic carbocycles. The first kappa shape index (κ1) is 12.2. The second kappa shape index (κ2) is 4.95. The molecule has 1 atom stereocenters. The molecule has 1 aromatic heterocycles. The molecule has 0 fully saturated rings. The second-order valence-corrected chi connectivity index (χ2v) is 5.70. The maximum Gasteiger partial charge on any atom is 0.358 e. The molecule has 4 nitrogen and oxygen atoms in total. The van der Waals surface area contributed by atoms with Crippen molar-refractivity contribution in [1.82, 2.24) is 9.55 Å². The molecule has 1 unspecified atom stereocenters. The largest absolute Gasteiger partial charge is 0.461 e. The van der Waals surface area contributed by atoms with Crippen LogP contribution in [0.15, 0.2) is 5.16 Å². The van der Waals surface area contributed by atoms with E-state index in [4.69, 9.17) is 4.74 Å². The monoisotopic (exact) mass is 352 g/mol. The molecule has 0 N–H and O–H groups in total. The lowest BCUT2D eigenvalue weighted by Gasteiger charge is -2.05. The summed E-state index contributed by atoms with van der Waals surface area (Å²) in [6.45, 7) is 5.07. The highest BCUT2D eigenvalue weighted by Gasteiger charge is 2.28. The van der Waals surface area contributed by atoms with Crippen molar-refractivity contribution < 1.29 is 9.53 Å². The van der Waals surface area contributed by atoms with Gasteiger partial charge in [-0.25, -0.2) is 9.78 Å². The third kappa shape index (κ3) is 2.09. The smallest absolute Gasteiger partial charge is 0.358 e. The Kier molecular flexibility index (Phi) is 3.78. The molecule has 0 bridgehead atoms. The van der Waals surface area contributed by atoms with Crippen molar-refractivity contribution in [1.29, 1.82) is 0 Å². The van der Waals surface area contributed by atoms with E-state index in [0.29, 0.717) is 17.6 Å². The van der Waals surface area contributed by atoms with Gasteiger partial charge in [-0.3, -0.25) is 0 Å². The molecule has 88 valence electrons. The Hall–Kier alpha value is -0.240. The number of alkyl halides is 1. The number of nitrogens with zero attached hydrogens (tertiary/aromatic N) is 2. The molecular formula is C10H13IN2O2S. The Bertz CT molecular complexity index is 419. The fraction of sp³-hybridized carbons (Fsp3) is 0.600. The lowest BCUT2D eigenvalue weighted by molar-refractivity contribution is 0.0518. The molecule has 0 aliphatic carbocycles. The number of thioether (sulfide) groups is 1. The summed E-state index contributed by atoms with van der Waals surface area (Å²) in [6, 6.07) is 0. The van der Waals surface area contributed by atoms with Crippen molar-refractivity contribution in [3.05, 3.63) is 11.4 Å². The van der Waals surface area contributed by atoms with Crippen LogP contribution in [0.2, 0.25) is 0 Å². The van der Waals surface area contributed by atoms with Gasteiger partial charge in [0.1, 0.15) is 0 Å². The number of fused-ring (bicyclic) bond motifs is 1. The van der Waals surface area contributed by atoms with Gasteiger partial charge in [-0.1, -0.05) is 34.4 Å². The van der Waals surface area contributed by atoms with Crippen LogP contribution in [0.3, 0.4) is 0 Å². The van der Waals surface area contributed by atoms with Crippen molar-refractivity contribution in [2.24, 2.45) is 0 Å². The molecule has 1 aliphatic rings. The zero-order chi connectivity index (χ0) is 11.7. The van der Waals surface area contributed by atoms with E-state index in [0.717, 1.165) is 21.8 Å². The molecule has 0 radical (unpaired) electrons. The number of aromatic nitrogens is 2. The minimum absolute atomic E-state index is 0.312. The van der Waals surface area contributed by atoms with Crippen LogP contribution in [0.5, 0.6) is 0 Å². The Morgan fingerprint density at radius 3 is 3.06 bits per heavy atom. The average Bonchev–Trinajstić information content (AvgIpc) is 2.79. The summed E-state index contributed by atoms with van der Waals surface area (Å²) in [4.78, 5) is 16.0. The highest BCUT2D eigenvalue weighted by atomic mass is 127. The van der Waals surface area contributed by atoms with Crippen molar-refractivity contribution in [3.63, 3.8) is 0 Å². The first-order valence-electron chi connectivity index (χ1n) is 5.14. The van der Waals surface area contributed by atoms with E-state index in [1.165, 1.54) is 0 Å². The molecule has 1 aliphatic heterocycles. The summed E-state index contributed by atoms with van der Waals surface area (Å²) in [7, 11) is 0. The summed E-state index contributed by atoms with van der Waals surface area (Å²) in [5, 5.41) is 1.53. The van der Waals surface area contributed by atoms with Crippen LogP contribution in [0.1, 0.15) is 23.1 Å². The lowest BCUT2D eigenvalue weighted by Crippen LogP contribution is -2.11. The Morgan fingerprint density at radius 1 is 1.75 bits per heavy atom. The molecule has 0 amide bonds. The van der Waals surface area contributed by atoms with E-state index in [1.807, 2.05) is 6.92 Å². The minimum atomic E-state index is -0.312. The zero-order valence-electron chi connectivity index (χ0n) is 9.20. The minimum Gasteiger partial charge on any atom is -0.461 e. The number of halogens is 1. The van der Waals surface area contributed by atoms with Crippen LogP contribution in [0.4, 0.5) is 0 Å². The van der Waals surface area contributed by atoms with E-state index < -0.39 is 0 Å². The molecule has 1 aromatic rings. The maximum absolute atomic E-state index is 11.6. The molecule has 0 spiro atoms. The third-order valence-corrected chi connectivity index (χ3v) is 5.32. The topological polar surface area (TPSA) is 44.1 Å². The van der Waals surface area contributed by atoms with Gasteiger partial charge in [-0.05, 0) is 13.8 Å². The number of hydrogen-bond acceptors (Lipinski definition) is 4. The van der Waals surface area contributed by atoms with E-state index >= 15 is 0 Å². The highest BCUT2D eigenvalue weighted by Crippen LogP contribution is 2.34. The zero-order valence-corrected chi connectivity index (χ0v) is 12.2. The van der Waals surface area contributed by atoms with Crippen molar-refractivity contribution in [2.75, 3.05) is 11.0 Å². The summed E-state index contributed by atoms with van der Waals surface area (Å²) in [5.74, 6) is -0.312. The van der Waals surface area contributed by atoms with Gasteiger partial charge in [0.25, 0.3) is 0 Å². The average molecular weight is 352 g/mol. The first-order valence-corrected chi connectivity index (χ1v) is 7.54. The van der Waals surface area contributed by atoms with E-state index in [9.17, 15) is 4.79 Å². The number of carbonyl (C=O) groups is 1. The van der Waals surface area contributed by atoms with Gasteiger partial charge < -0.3 is 9.30 Å². The molecule has 0 saturated carbocycles. The van der Waals surface area contributed by atoms with E-state index in [1.54, 1.807) is 18.7 Å². The van der Waals surface area contributed by atoms with Crippen LogP contribution in [-0.2, 0) is 11.3 Å². The standard InChI is InChI=1S/C10H13IN2O2S/c1-3-15-9(14)8-6(2)13-5-7(4-11)16-10(13)12-8/h7H,3-5H2,1-2H3. The van der Waals surface area contributed by atoms with Gasteiger partial charge in [-0.15, -0.1) is 0 Å². The first-order chi connectivity index (χ1) is 7.67. The Morgan fingerprint density at radius 2 is 2.50 bits per heavy atom. The van der Waals surface area contributed by atoms with Gasteiger partial charge in [0, 0.05) is 16.2 Å². The summed E-state index contributed by atoms with van der Waals surface area (Å²) < 4.78 is 8.18. The van der Waals surface area contributed by atoms with Crippen LogP contribution in [0, 0.1) is 6.92 Å². The SMILES string of the molecule is CCOC(=O)c1nc2n(c1C)CC(CI)S2. The van der Waals surface area contributed by atoms with E-state index in [2.05, 4.69) is 32.1 Å². The van der Waals surface area contributed by atoms with Crippen molar-refractivity contribution >= 4 is 40.3 Å². The van der Waals surface area contributed by atoms with Gasteiger partial charge >= 0.3 is 5.97 Å². The fourth-order valence-corrected chi connectivity index (χ4v) is 3.56. The molecule has 6 heteroatoms.